The number of carboxylic acid groups (broad SMARTS) is 2. The van der Waals surface area contributed by atoms with E-state index in [1.165, 1.54) is 64.2 Å². The van der Waals surface area contributed by atoms with E-state index in [1.807, 2.05) is 0 Å². The molecule has 0 amide bonds. The van der Waals surface area contributed by atoms with Gasteiger partial charge in [-0.15, -0.1) is 0 Å². The van der Waals surface area contributed by atoms with Crippen molar-refractivity contribution in [3.63, 3.8) is 0 Å². The zero-order chi connectivity index (χ0) is 15.8. The zero-order valence-corrected chi connectivity index (χ0v) is 16.4. The molecular weight excluding hydrogens is 279 g/mol. The van der Waals surface area contributed by atoms with Crippen molar-refractivity contribution < 1.29 is 50.8 Å². The molecule has 21 heavy (non-hydrogen) atoms. The number of aliphatic carboxylic acids is 2. The van der Waals surface area contributed by atoms with Gasteiger partial charge in [0.05, 0.1) is 0 Å². The first-order valence-electron chi connectivity index (χ1n) is 7.92. The molecule has 0 atom stereocenters. The Balaban J connectivity index is -0.000000144. The van der Waals surface area contributed by atoms with Gasteiger partial charge in [0, 0.05) is 0 Å². The van der Waals surface area contributed by atoms with Crippen LogP contribution in [0.5, 0.6) is 0 Å². The number of hydrogen-bond acceptors (Lipinski definition) is 2. The number of carboxylic acids is 2. The Morgan fingerprint density at radius 1 is 0.762 bits per heavy atom. The van der Waals surface area contributed by atoms with E-state index in [1.54, 1.807) is 0 Å². The smallest absolute Gasteiger partial charge is 1.00 e. The van der Waals surface area contributed by atoms with Gasteiger partial charge in [0.2, 0.25) is 0 Å². The SMILES string of the molecule is CC(C(=O)O)C(=O)O.CCCCCCCCCCCC.[H-].[Na+]. The first-order valence-corrected chi connectivity index (χ1v) is 7.92. The van der Waals surface area contributed by atoms with Gasteiger partial charge < -0.3 is 11.6 Å². The van der Waals surface area contributed by atoms with Crippen LogP contribution >= 0.6 is 0 Å². The predicted octanol–water partition coefficient (Wildman–Crippen LogP) is 1.84. The Kier molecular flexibility index (Phi) is 24.6. The monoisotopic (exact) mass is 312 g/mol. The molecule has 0 radical (unpaired) electrons. The van der Waals surface area contributed by atoms with Gasteiger partial charge in [-0.05, 0) is 6.92 Å². The predicted molar refractivity (Wildman–Crippen MR) is 83.1 cm³/mol. The summed E-state index contributed by atoms with van der Waals surface area (Å²) in [6, 6.07) is 0. The molecule has 0 bridgehead atoms. The molecule has 5 heteroatoms. The molecule has 0 aliphatic carbocycles. The standard InChI is InChI=1S/C12H26.C4H6O4.Na.H/c1-3-5-7-9-11-12-10-8-6-4-2;1-2(3(5)6)4(7)8;;/h3-12H2,1-2H3;2H,1H3,(H,5,6)(H,7,8);;/q;;+1;-1. The van der Waals surface area contributed by atoms with Crippen molar-refractivity contribution in [1.29, 1.82) is 0 Å². The normalized spacial score (nSPS) is 9.52. The van der Waals surface area contributed by atoms with Crippen molar-refractivity contribution in [2.45, 2.75) is 85.0 Å². The summed E-state index contributed by atoms with van der Waals surface area (Å²) in [4.78, 5) is 19.5. The maximum absolute atomic E-state index is 9.76. The van der Waals surface area contributed by atoms with E-state index < -0.39 is 17.9 Å². The van der Waals surface area contributed by atoms with Crippen LogP contribution in [0.25, 0.3) is 0 Å². The number of hydrogen-bond donors (Lipinski definition) is 2. The summed E-state index contributed by atoms with van der Waals surface area (Å²) in [5.74, 6) is -3.91. The maximum Gasteiger partial charge on any atom is 1.00 e. The summed E-state index contributed by atoms with van der Waals surface area (Å²) in [5, 5.41) is 15.9. The van der Waals surface area contributed by atoms with Gasteiger partial charge in [-0.3, -0.25) is 9.59 Å². The Morgan fingerprint density at radius 2 is 1.00 bits per heavy atom. The molecule has 0 saturated carbocycles. The van der Waals surface area contributed by atoms with E-state index in [9.17, 15) is 9.59 Å². The molecular formula is C16H33NaO4. The van der Waals surface area contributed by atoms with Crippen LogP contribution in [-0.4, -0.2) is 22.2 Å². The second-order valence-electron chi connectivity index (χ2n) is 5.23. The minimum absolute atomic E-state index is 0. The summed E-state index contributed by atoms with van der Waals surface area (Å²) in [6.07, 6.45) is 14.4. The van der Waals surface area contributed by atoms with Crippen molar-refractivity contribution in [1.82, 2.24) is 0 Å². The minimum atomic E-state index is -1.31. The molecule has 0 heterocycles. The molecule has 0 aliphatic rings. The van der Waals surface area contributed by atoms with Crippen molar-refractivity contribution in [3.8, 4) is 0 Å². The topological polar surface area (TPSA) is 74.6 Å². The fourth-order valence-corrected chi connectivity index (χ4v) is 1.67. The molecule has 122 valence electrons. The van der Waals surface area contributed by atoms with Crippen LogP contribution in [0, 0.1) is 5.92 Å². The van der Waals surface area contributed by atoms with E-state index in [-0.39, 0.29) is 31.0 Å². The largest absolute Gasteiger partial charge is 1.00 e. The van der Waals surface area contributed by atoms with Gasteiger partial charge >= 0.3 is 41.5 Å². The number of unbranched alkanes of at least 4 members (excludes halogenated alkanes) is 9. The van der Waals surface area contributed by atoms with Crippen LogP contribution in [-0.2, 0) is 9.59 Å². The molecule has 4 nitrogen and oxygen atoms in total. The molecule has 0 aromatic heterocycles. The van der Waals surface area contributed by atoms with Crippen molar-refractivity contribution >= 4 is 11.9 Å². The third-order valence-corrected chi connectivity index (χ3v) is 3.20. The molecule has 0 unspecified atom stereocenters. The minimum Gasteiger partial charge on any atom is -1.00 e. The summed E-state index contributed by atoms with van der Waals surface area (Å²) in [5.41, 5.74) is 0. The second kappa shape index (κ2) is 19.9. The van der Waals surface area contributed by atoms with Crippen molar-refractivity contribution in [2.24, 2.45) is 5.92 Å². The van der Waals surface area contributed by atoms with E-state index in [2.05, 4.69) is 13.8 Å². The molecule has 0 spiro atoms. The van der Waals surface area contributed by atoms with E-state index in [4.69, 9.17) is 10.2 Å². The van der Waals surface area contributed by atoms with E-state index >= 15 is 0 Å². The quantitative estimate of drug-likeness (QED) is 0.347. The maximum atomic E-state index is 9.76. The van der Waals surface area contributed by atoms with Crippen LogP contribution in [0.4, 0.5) is 0 Å². The molecule has 0 saturated heterocycles. The summed E-state index contributed by atoms with van der Waals surface area (Å²) in [6.45, 7) is 5.67. The molecule has 0 rings (SSSR count). The van der Waals surface area contributed by atoms with Gasteiger partial charge in [0.15, 0.2) is 5.92 Å². The molecule has 0 aliphatic heterocycles. The van der Waals surface area contributed by atoms with Crippen molar-refractivity contribution in [2.75, 3.05) is 0 Å². The van der Waals surface area contributed by atoms with Gasteiger partial charge in [-0.2, -0.15) is 0 Å². The Morgan fingerprint density at radius 3 is 1.14 bits per heavy atom. The first-order chi connectivity index (χ1) is 9.47. The average Bonchev–Trinajstić information content (AvgIpc) is 2.41. The van der Waals surface area contributed by atoms with Crippen molar-refractivity contribution in [3.05, 3.63) is 0 Å². The van der Waals surface area contributed by atoms with Gasteiger partial charge in [-0.25, -0.2) is 0 Å². The Hall–Kier alpha value is -0.0600. The van der Waals surface area contributed by atoms with Crippen LogP contribution in [0.3, 0.4) is 0 Å². The number of rotatable bonds is 11. The van der Waals surface area contributed by atoms with Crippen LogP contribution < -0.4 is 29.6 Å². The second-order valence-corrected chi connectivity index (χ2v) is 5.23. The third kappa shape index (κ3) is 22.4. The Labute approximate surface area is 153 Å². The van der Waals surface area contributed by atoms with Crippen LogP contribution in [0.15, 0.2) is 0 Å². The van der Waals surface area contributed by atoms with Gasteiger partial charge in [0.25, 0.3) is 0 Å². The van der Waals surface area contributed by atoms with Gasteiger partial charge in [0.1, 0.15) is 0 Å². The average molecular weight is 312 g/mol. The van der Waals surface area contributed by atoms with E-state index in [0.29, 0.717) is 0 Å². The molecule has 2 N–H and O–H groups in total. The van der Waals surface area contributed by atoms with E-state index in [0.717, 1.165) is 6.92 Å². The Bertz CT molecular complexity index is 226. The molecule has 0 aromatic carbocycles. The summed E-state index contributed by atoms with van der Waals surface area (Å²) >= 11 is 0. The summed E-state index contributed by atoms with van der Waals surface area (Å²) < 4.78 is 0. The van der Waals surface area contributed by atoms with Crippen LogP contribution in [0.1, 0.15) is 86.4 Å². The fourth-order valence-electron chi connectivity index (χ4n) is 1.67. The zero-order valence-electron chi connectivity index (χ0n) is 15.4. The first kappa shape index (κ1) is 25.9. The van der Waals surface area contributed by atoms with Crippen LogP contribution in [0.2, 0.25) is 0 Å². The molecule has 0 aromatic rings. The summed E-state index contributed by atoms with van der Waals surface area (Å²) in [7, 11) is 0. The fraction of sp³-hybridized carbons (Fsp3) is 0.875. The molecule has 0 fully saturated rings. The van der Waals surface area contributed by atoms with Gasteiger partial charge in [-0.1, -0.05) is 78.1 Å². The third-order valence-electron chi connectivity index (χ3n) is 3.20. The number of carbonyl (C=O) groups is 2.